The molecule has 0 unspecified atom stereocenters. The molecule has 1 aliphatic heterocycles. The molecule has 0 atom stereocenters. The lowest BCUT2D eigenvalue weighted by atomic mass is 10.0. The van der Waals surface area contributed by atoms with E-state index in [1.165, 1.54) is 0 Å². The average Bonchev–Trinajstić information content (AvgIpc) is 2.63. The number of hydrogen-bond acceptors (Lipinski definition) is 3. The minimum absolute atomic E-state index is 0.0522. The minimum Gasteiger partial charge on any atom is -0.378 e. The molecule has 7 heteroatoms. The van der Waals surface area contributed by atoms with Gasteiger partial charge >= 0.3 is 0 Å². The number of halogens is 2. The second-order valence-corrected chi connectivity index (χ2v) is 7.28. The lowest BCUT2D eigenvalue weighted by Crippen LogP contribution is -2.41. The van der Waals surface area contributed by atoms with Crippen molar-refractivity contribution in [1.82, 2.24) is 4.90 Å². The number of carbonyl (C=O) groups is 2. The van der Waals surface area contributed by atoms with Gasteiger partial charge in [0.15, 0.2) is 0 Å². The van der Waals surface area contributed by atoms with Gasteiger partial charge in [-0.25, -0.2) is 0 Å². The fraction of sp³-hybridized carbons (Fsp3) is 0.263. The first-order valence-corrected chi connectivity index (χ1v) is 9.37. The largest absolute Gasteiger partial charge is 0.378 e. The third-order valence-corrected chi connectivity index (χ3v) is 5.09. The van der Waals surface area contributed by atoms with E-state index in [0.29, 0.717) is 48.1 Å². The smallest absolute Gasteiger partial charge is 0.257 e. The van der Waals surface area contributed by atoms with E-state index in [4.69, 9.17) is 16.3 Å². The normalized spacial score (nSPS) is 14.2. The lowest BCUT2D eigenvalue weighted by molar-refractivity contribution is 0.0302. The van der Waals surface area contributed by atoms with E-state index >= 15 is 0 Å². The van der Waals surface area contributed by atoms with Crippen LogP contribution in [0.5, 0.6) is 0 Å². The fourth-order valence-electron chi connectivity index (χ4n) is 2.80. The first-order valence-electron chi connectivity index (χ1n) is 8.20. The maximum atomic E-state index is 12.8. The summed E-state index contributed by atoms with van der Waals surface area (Å²) >= 11 is 9.47. The van der Waals surface area contributed by atoms with E-state index < -0.39 is 0 Å². The zero-order valence-corrected chi connectivity index (χ0v) is 16.6. The van der Waals surface area contributed by atoms with Gasteiger partial charge < -0.3 is 15.0 Å². The molecule has 1 saturated heterocycles. The van der Waals surface area contributed by atoms with Gasteiger partial charge in [-0.1, -0.05) is 33.6 Å². The van der Waals surface area contributed by atoms with Crippen LogP contribution >= 0.6 is 27.5 Å². The van der Waals surface area contributed by atoms with Crippen LogP contribution in [0, 0.1) is 6.92 Å². The van der Waals surface area contributed by atoms with E-state index in [2.05, 4.69) is 21.2 Å². The van der Waals surface area contributed by atoms with E-state index in [9.17, 15) is 9.59 Å². The summed E-state index contributed by atoms with van der Waals surface area (Å²) in [7, 11) is 0. The molecule has 26 heavy (non-hydrogen) atoms. The Bertz CT molecular complexity index is 851. The molecular weight excluding hydrogens is 420 g/mol. The van der Waals surface area contributed by atoms with Crippen LogP contribution in [-0.2, 0) is 4.74 Å². The highest BCUT2D eigenvalue weighted by Crippen LogP contribution is 2.25. The van der Waals surface area contributed by atoms with Gasteiger partial charge in [0.1, 0.15) is 0 Å². The van der Waals surface area contributed by atoms with Gasteiger partial charge in [0.25, 0.3) is 11.8 Å². The summed E-state index contributed by atoms with van der Waals surface area (Å²) in [6.07, 6.45) is 0. The van der Waals surface area contributed by atoms with Crippen molar-refractivity contribution in [2.24, 2.45) is 0 Å². The first-order chi connectivity index (χ1) is 12.5. The second-order valence-electron chi connectivity index (χ2n) is 5.96. The van der Waals surface area contributed by atoms with Crippen molar-refractivity contribution in [3.05, 3.63) is 62.6 Å². The maximum Gasteiger partial charge on any atom is 0.257 e. The van der Waals surface area contributed by atoms with Gasteiger partial charge in [-0.15, -0.1) is 0 Å². The Kier molecular flexibility index (Phi) is 5.96. The molecule has 0 saturated carbocycles. The van der Waals surface area contributed by atoms with E-state index in [1.807, 2.05) is 6.92 Å². The zero-order chi connectivity index (χ0) is 18.7. The quantitative estimate of drug-likeness (QED) is 0.785. The summed E-state index contributed by atoms with van der Waals surface area (Å²) in [6, 6.07) is 10.4. The molecule has 136 valence electrons. The molecule has 3 rings (SSSR count). The van der Waals surface area contributed by atoms with Crippen molar-refractivity contribution in [1.29, 1.82) is 0 Å². The molecule has 1 N–H and O–H groups in total. The van der Waals surface area contributed by atoms with Crippen LogP contribution in [0.25, 0.3) is 0 Å². The van der Waals surface area contributed by atoms with Crippen molar-refractivity contribution >= 4 is 45.0 Å². The van der Waals surface area contributed by atoms with Crippen LogP contribution in [-0.4, -0.2) is 43.0 Å². The molecule has 2 amide bonds. The Morgan fingerprint density at radius 2 is 1.88 bits per heavy atom. The highest BCUT2D eigenvalue weighted by molar-refractivity contribution is 9.10. The van der Waals surface area contributed by atoms with Crippen molar-refractivity contribution in [3.8, 4) is 0 Å². The minimum atomic E-state index is -0.318. The highest BCUT2D eigenvalue weighted by atomic mass is 79.9. The van der Waals surface area contributed by atoms with Crippen LogP contribution in [0.3, 0.4) is 0 Å². The Morgan fingerprint density at radius 1 is 1.15 bits per heavy atom. The Balaban J connectivity index is 1.82. The van der Waals surface area contributed by atoms with Crippen molar-refractivity contribution in [2.45, 2.75) is 6.92 Å². The molecule has 1 heterocycles. The lowest BCUT2D eigenvalue weighted by Gasteiger charge is -2.27. The standard InChI is InChI=1S/C19H18BrClN2O3/c1-12-14(19(25)23-7-9-26-10-8-23)3-2-4-17(12)22-18(24)15-6-5-13(20)11-16(15)21/h2-6,11H,7-10H2,1H3,(H,22,24). The van der Waals surface area contributed by atoms with Crippen LogP contribution in [0.4, 0.5) is 5.69 Å². The number of hydrogen-bond donors (Lipinski definition) is 1. The Morgan fingerprint density at radius 3 is 2.58 bits per heavy atom. The molecule has 1 fully saturated rings. The predicted molar refractivity (Wildman–Crippen MR) is 105 cm³/mol. The van der Waals surface area contributed by atoms with Gasteiger partial charge in [-0.2, -0.15) is 0 Å². The third-order valence-electron chi connectivity index (χ3n) is 4.29. The Labute approximate surface area is 165 Å². The number of morpholine rings is 1. The van der Waals surface area contributed by atoms with Crippen LogP contribution < -0.4 is 5.32 Å². The molecule has 5 nitrogen and oxygen atoms in total. The number of ether oxygens (including phenoxy) is 1. The first kappa shape index (κ1) is 18.9. The molecule has 2 aromatic rings. The van der Waals surface area contributed by atoms with Crippen LogP contribution in [0.2, 0.25) is 5.02 Å². The summed E-state index contributed by atoms with van der Waals surface area (Å²) in [5.74, 6) is -0.370. The van der Waals surface area contributed by atoms with E-state index in [1.54, 1.807) is 41.3 Å². The Hall–Kier alpha value is -1.89. The number of anilines is 1. The molecule has 0 spiro atoms. The molecule has 0 bridgehead atoms. The van der Waals surface area contributed by atoms with Crippen molar-refractivity contribution < 1.29 is 14.3 Å². The molecule has 0 aromatic heterocycles. The van der Waals surface area contributed by atoms with Gasteiger partial charge in [0.05, 0.1) is 23.8 Å². The average molecular weight is 438 g/mol. The van der Waals surface area contributed by atoms with Gasteiger partial charge in [0, 0.05) is 28.8 Å². The predicted octanol–water partition coefficient (Wildman–Crippen LogP) is 4.14. The number of rotatable bonds is 3. The van der Waals surface area contributed by atoms with Crippen LogP contribution in [0.1, 0.15) is 26.3 Å². The van der Waals surface area contributed by atoms with E-state index in [0.717, 1.165) is 10.0 Å². The summed E-state index contributed by atoms with van der Waals surface area (Å²) < 4.78 is 6.09. The third kappa shape index (κ3) is 4.09. The number of carbonyl (C=O) groups excluding carboxylic acids is 2. The number of amides is 2. The van der Waals surface area contributed by atoms with Gasteiger partial charge in [-0.3, -0.25) is 9.59 Å². The van der Waals surface area contributed by atoms with Crippen molar-refractivity contribution in [2.75, 3.05) is 31.6 Å². The molecule has 2 aromatic carbocycles. The molecule has 1 aliphatic rings. The van der Waals surface area contributed by atoms with E-state index in [-0.39, 0.29) is 11.8 Å². The summed E-state index contributed by atoms with van der Waals surface area (Å²) in [6.45, 7) is 4.06. The van der Waals surface area contributed by atoms with Gasteiger partial charge in [-0.05, 0) is 42.8 Å². The SMILES string of the molecule is Cc1c(NC(=O)c2ccc(Br)cc2Cl)cccc1C(=O)N1CCOCC1. The van der Waals surface area contributed by atoms with Gasteiger partial charge in [0.2, 0.25) is 0 Å². The van der Waals surface area contributed by atoms with Crippen LogP contribution in [0.15, 0.2) is 40.9 Å². The fourth-order valence-corrected chi connectivity index (χ4v) is 3.56. The maximum absolute atomic E-state index is 12.8. The highest BCUT2D eigenvalue weighted by Gasteiger charge is 2.21. The number of nitrogens with zero attached hydrogens (tertiary/aromatic N) is 1. The number of benzene rings is 2. The zero-order valence-electron chi connectivity index (χ0n) is 14.2. The monoisotopic (exact) mass is 436 g/mol. The molecule has 0 aliphatic carbocycles. The molecular formula is C19H18BrClN2O3. The topological polar surface area (TPSA) is 58.6 Å². The number of nitrogens with one attached hydrogen (secondary N) is 1. The summed E-state index contributed by atoms with van der Waals surface area (Å²) in [5.41, 5.74) is 2.27. The molecule has 0 radical (unpaired) electrons. The second kappa shape index (κ2) is 8.20. The van der Waals surface area contributed by atoms with Crippen molar-refractivity contribution in [3.63, 3.8) is 0 Å². The summed E-state index contributed by atoms with van der Waals surface area (Å²) in [4.78, 5) is 27.1. The summed E-state index contributed by atoms with van der Waals surface area (Å²) in [5, 5.41) is 3.21.